The van der Waals surface area contributed by atoms with Gasteiger partial charge in [0.1, 0.15) is 17.9 Å². The van der Waals surface area contributed by atoms with Crippen molar-refractivity contribution in [2.45, 2.75) is 0 Å². The number of benzene rings is 2. The second-order valence-electron chi connectivity index (χ2n) is 8.88. The summed E-state index contributed by atoms with van der Waals surface area (Å²) in [6.45, 7) is 5.52. The molecule has 0 radical (unpaired) electrons. The number of hydrogen-bond acceptors (Lipinski definition) is 8. The van der Waals surface area contributed by atoms with Crippen molar-refractivity contribution in [3.63, 3.8) is 0 Å². The Morgan fingerprint density at radius 3 is 2.57 bits per heavy atom. The van der Waals surface area contributed by atoms with Crippen molar-refractivity contribution in [1.29, 1.82) is 0 Å². The number of nitrogens with one attached hydrogen (secondary N) is 2. The van der Waals surface area contributed by atoms with Gasteiger partial charge in [-0.2, -0.15) is 0 Å². The number of aromatic nitrogens is 2. The number of amides is 1. The van der Waals surface area contributed by atoms with Crippen LogP contribution in [0, 0.1) is 0 Å². The van der Waals surface area contributed by atoms with Gasteiger partial charge in [-0.1, -0.05) is 43.0 Å². The van der Waals surface area contributed by atoms with E-state index < -0.39 is 0 Å². The first-order valence-electron chi connectivity index (χ1n) is 12.0. The molecule has 0 aliphatic carbocycles. The third-order valence-electron chi connectivity index (χ3n) is 5.95. The van der Waals surface area contributed by atoms with Crippen LogP contribution in [0.2, 0.25) is 0 Å². The fourth-order valence-electron chi connectivity index (χ4n) is 4.09. The topological polar surface area (TPSA) is 107 Å². The summed E-state index contributed by atoms with van der Waals surface area (Å²) in [5, 5.41) is 16.2. The lowest BCUT2D eigenvalue weighted by molar-refractivity contribution is -0.111. The fourth-order valence-corrected chi connectivity index (χ4v) is 4.09. The highest BCUT2D eigenvalue weighted by molar-refractivity contribution is 6.07. The average molecular weight is 501 g/mol. The quantitative estimate of drug-likeness (QED) is 0.265. The van der Waals surface area contributed by atoms with E-state index >= 15 is 0 Å². The Kier molecular flexibility index (Phi) is 8.17. The number of aliphatic hydroxyl groups excluding tert-OH is 1. The number of nitrogens with zero attached hydrogens (tertiary/aromatic N) is 4. The van der Waals surface area contributed by atoms with Gasteiger partial charge >= 0.3 is 0 Å². The molecule has 9 heteroatoms. The summed E-state index contributed by atoms with van der Waals surface area (Å²) in [5.74, 6) is 0.898. The first-order valence-corrected chi connectivity index (χ1v) is 12.0. The van der Waals surface area contributed by atoms with Crippen molar-refractivity contribution in [1.82, 2.24) is 14.9 Å². The largest absolute Gasteiger partial charge is 0.437 e. The zero-order chi connectivity index (χ0) is 26.4. The van der Waals surface area contributed by atoms with Gasteiger partial charge in [-0.15, -0.1) is 0 Å². The molecule has 3 N–H and O–H groups in total. The van der Waals surface area contributed by atoms with Crippen molar-refractivity contribution >= 4 is 34.2 Å². The van der Waals surface area contributed by atoms with Crippen LogP contribution in [0.3, 0.4) is 0 Å². The van der Waals surface area contributed by atoms with Crippen molar-refractivity contribution < 1.29 is 14.3 Å². The Morgan fingerprint density at radius 1 is 1.08 bits per heavy atom. The van der Waals surface area contributed by atoms with Gasteiger partial charge in [0.25, 0.3) is 0 Å². The molecule has 4 rings (SSSR count). The minimum absolute atomic E-state index is 0.0457. The van der Waals surface area contributed by atoms with E-state index in [2.05, 4.69) is 37.0 Å². The van der Waals surface area contributed by atoms with E-state index in [1.807, 2.05) is 69.7 Å². The summed E-state index contributed by atoms with van der Waals surface area (Å²) in [4.78, 5) is 25.4. The lowest BCUT2D eigenvalue weighted by atomic mass is 9.98. The van der Waals surface area contributed by atoms with Crippen molar-refractivity contribution in [2.75, 3.05) is 62.9 Å². The molecule has 0 bridgehead atoms. The van der Waals surface area contributed by atoms with Gasteiger partial charge in [0.05, 0.1) is 23.4 Å². The number of anilines is 3. The maximum absolute atomic E-state index is 12.4. The molecule has 0 unspecified atom stereocenters. The summed E-state index contributed by atoms with van der Waals surface area (Å²) >= 11 is 0. The van der Waals surface area contributed by atoms with Crippen molar-refractivity contribution in [2.24, 2.45) is 0 Å². The monoisotopic (exact) mass is 500 g/mol. The van der Waals surface area contributed by atoms with Crippen LogP contribution in [0.1, 0.15) is 0 Å². The van der Waals surface area contributed by atoms with Crippen molar-refractivity contribution in [3.8, 4) is 22.5 Å². The third kappa shape index (κ3) is 5.79. The summed E-state index contributed by atoms with van der Waals surface area (Å²) in [6, 6.07) is 15.7. The van der Waals surface area contributed by atoms with E-state index in [1.165, 1.54) is 12.4 Å². The highest BCUT2D eigenvalue weighted by Gasteiger charge is 2.23. The van der Waals surface area contributed by atoms with Crippen LogP contribution >= 0.6 is 0 Å². The van der Waals surface area contributed by atoms with E-state index in [0.29, 0.717) is 34.9 Å². The molecule has 2 aromatic heterocycles. The SMILES string of the molecule is C=CC(=O)Nc1cc(-c2c(-c3ccccc3)oc3ncnc(NCCO)c23)ccc1N(C)CCN(C)C. The molecule has 1 amide bonds. The molecule has 2 aromatic carbocycles. The van der Waals surface area contributed by atoms with Crippen LogP contribution in [0.25, 0.3) is 33.6 Å². The minimum atomic E-state index is -0.298. The highest BCUT2D eigenvalue weighted by atomic mass is 16.3. The van der Waals surface area contributed by atoms with Crippen LogP contribution in [0.5, 0.6) is 0 Å². The third-order valence-corrected chi connectivity index (χ3v) is 5.95. The molecule has 0 spiro atoms. The van der Waals surface area contributed by atoms with Gasteiger partial charge in [-0.05, 0) is 37.9 Å². The highest BCUT2D eigenvalue weighted by Crippen LogP contribution is 2.44. The van der Waals surface area contributed by atoms with Crippen LogP contribution in [0.15, 0.2) is 71.9 Å². The van der Waals surface area contributed by atoms with Gasteiger partial charge in [0, 0.05) is 37.8 Å². The molecular weight excluding hydrogens is 468 g/mol. The van der Waals surface area contributed by atoms with Crippen LogP contribution in [-0.4, -0.2) is 73.3 Å². The molecule has 0 atom stereocenters. The summed E-state index contributed by atoms with van der Waals surface area (Å²) in [5.41, 5.74) is 4.45. The molecule has 192 valence electrons. The Labute approximate surface area is 216 Å². The van der Waals surface area contributed by atoms with Gasteiger partial charge < -0.3 is 30.0 Å². The smallest absolute Gasteiger partial charge is 0.247 e. The molecule has 0 fully saturated rings. The second-order valence-corrected chi connectivity index (χ2v) is 8.88. The number of rotatable bonds is 11. The molecule has 0 saturated heterocycles. The maximum atomic E-state index is 12.4. The molecule has 37 heavy (non-hydrogen) atoms. The molecular formula is C28H32N6O3. The van der Waals surface area contributed by atoms with E-state index in [4.69, 9.17) is 4.42 Å². The first kappa shape index (κ1) is 25.9. The molecule has 0 aliphatic heterocycles. The van der Waals surface area contributed by atoms with Gasteiger partial charge in [0.15, 0.2) is 0 Å². The number of furan rings is 1. The number of fused-ring (bicyclic) bond motifs is 1. The van der Waals surface area contributed by atoms with E-state index in [0.717, 1.165) is 35.5 Å². The zero-order valence-electron chi connectivity index (χ0n) is 21.4. The average Bonchev–Trinajstić information content (AvgIpc) is 3.31. The first-order chi connectivity index (χ1) is 17.9. The minimum Gasteiger partial charge on any atom is -0.437 e. The Bertz CT molecular complexity index is 1380. The molecule has 0 saturated carbocycles. The maximum Gasteiger partial charge on any atom is 0.247 e. The molecule has 9 nitrogen and oxygen atoms in total. The van der Waals surface area contributed by atoms with Crippen LogP contribution in [0.4, 0.5) is 17.2 Å². The summed E-state index contributed by atoms with van der Waals surface area (Å²) in [7, 11) is 6.05. The lowest BCUT2D eigenvalue weighted by Gasteiger charge is -2.25. The number of aliphatic hydroxyl groups is 1. The summed E-state index contributed by atoms with van der Waals surface area (Å²) in [6.07, 6.45) is 2.69. The van der Waals surface area contributed by atoms with Gasteiger partial charge in [-0.25, -0.2) is 9.97 Å². The molecule has 4 aromatic rings. The number of carbonyl (C=O) groups is 1. The van der Waals surface area contributed by atoms with Crippen molar-refractivity contribution in [3.05, 3.63) is 67.5 Å². The Morgan fingerprint density at radius 2 is 1.86 bits per heavy atom. The number of likely N-dealkylation sites (N-methyl/N-ethyl adjacent to an activating group) is 2. The molecule has 2 heterocycles. The van der Waals surface area contributed by atoms with E-state index in [1.54, 1.807) is 0 Å². The van der Waals surface area contributed by atoms with Crippen LogP contribution in [-0.2, 0) is 4.79 Å². The zero-order valence-corrected chi connectivity index (χ0v) is 21.4. The standard InChI is InChI=1S/C28H32N6O3/c1-5-23(36)32-21-17-20(11-12-22(21)34(4)15-14-33(2)3)24-25-27(29-13-16-35)30-18-31-28(25)37-26(24)19-9-7-6-8-10-19/h5-12,17-18,35H,1,13-16H2,2-4H3,(H,32,36)(H,29,30,31). The number of hydrogen-bond donors (Lipinski definition) is 3. The Hall–Kier alpha value is -4.21. The predicted molar refractivity (Wildman–Crippen MR) is 149 cm³/mol. The number of carbonyl (C=O) groups excluding carboxylic acids is 1. The predicted octanol–water partition coefficient (Wildman–Crippen LogP) is 4.08. The fraction of sp³-hybridized carbons (Fsp3) is 0.250. The van der Waals surface area contributed by atoms with Gasteiger partial charge in [0.2, 0.25) is 11.6 Å². The van der Waals surface area contributed by atoms with E-state index in [9.17, 15) is 9.90 Å². The van der Waals surface area contributed by atoms with Crippen LogP contribution < -0.4 is 15.5 Å². The normalized spacial score (nSPS) is 11.1. The van der Waals surface area contributed by atoms with Gasteiger partial charge in [-0.3, -0.25) is 4.79 Å². The summed E-state index contributed by atoms with van der Waals surface area (Å²) < 4.78 is 6.27. The molecule has 0 aliphatic rings. The second kappa shape index (κ2) is 11.7. The lowest BCUT2D eigenvalue weighted by Crippen LogP contribution is -2.29. The van der Waals surface area contributed by atoms with E-state index in [-0.39, 0.29) is 12.5 Å². The Balaban J connectivity index is 1.92.